The van der Waals surface area contributed by atoms with Crippen LogP contribution in [0, 0.1) is 0 Å². The summed E-state index contributed by atoms with van der Waals surface area (Å²) in [6, 6.07) is 8.04. The highest BCUT2D eigenvalue weighted by Crippen LogP contribution is 2.27. The molecule has 2 saturated heterocycles. The third-order valence-corrected chi connectivity index (χ3v) is 5.26. The van der Waals surface area contributed by atoms with Crippen LogP contribution in [0.25, 0.3) is 0 Å². The Bertz CT molecular complexity index is 617. The van der Waals surface area contributed by atoms with Gasteiger partial charge in [-0.3, -0.25) is 14.5 Å². The zero-order valence-corrected chi connectivity index (χ0v) is 15.0. The van der Waals surface area contributed by atoms with Crippen molar-refractivity contribution in [2.75, 3.05) is 19.7 Å². The molecule has 25 heavy (non-hydrogen) atoms. The number of nitrogens with zero attached hydrogens (tertiary/aromatic N) is 1. The van der Waals surface area contributed by atoms with Gasteiger partial charge >= 0.3 is 0 Å². The first-order valence-electron chi connectivity index (χ1n) is 9.41. The van der Waals surface area contributed by atoms with E-state index in [-0.39, 0.29) is 11.7 Å². The minimum absolute atomic E-state index is 0.0261. The third kappa shape index (κ3) is 4.82. The van der Waals surface area contributed by atoms with E-state index >= 15 is 0 Å². The number of hydrogen-bond donors (Lipinski definition) is 1. The Hall–Kier alpha value is -1.88. The average molecular weight is 344 g/mol. The summed E-state index contributed by atoms with van der Waals surface area (Å²) in [5, 5.41) is 3.22. The van der Waals surface area contributed by atoms with Crippen LogP contribution in [0.15, 0.2) is 24.3 Å². The van der Waals surface area contributed by atoms with E-state index in [0.717, 1.165) is 13.0 Å². The largest absolute Gasteiger partial charge is 0.494 e. The standard InChI is InChI=1S/C20H28N2O3/c1-15(23)16-6-4-7-17(14-16)25-13-5-9-20(24)21-18-10-12-22-11-3-2-8-19(18)22/h4,6-7,14,18-19H,2-3,5,8-13H2,1H3,(H,21,24)/t18-,19-/m1/s1. The van der Waals surface area contributed by atoms with Crippen molar-refractivity contribution in [1.82, 2.24) is 10.2 Å². The molecule has 1 N–H and O–H groups in total. The van der Waals surface area contributed by atoms with Crippen molar-refractivity contribution in [3.05, 3.63) is 29.8 Å². The second-order valence-corrected chi connectivity index (χ2v) is 7.10. The SMILES string of the molecule is CC(=O)c1cccc(OCCCC(=O)N[C@@H]2CCN3CCCC[C@H]23)c1. The van der Waals surface area contributed by atoms with Crippen LogP contribution in [0.1, 0.15) is 55.8 Å². The summed E-state index contributed by atoms with van der Waals surface area (Å²) >= 11 is 0. The van der Waals surface area contributed by atoms with Crippen molar-refractivity contribution >= 4 is 11.7 Å². The Morgan fingerprint density at radius 1 is 1.24 bits per heavy atom. The van der Waals surface area contributed by atoms with Crippen molar-refractivity contribution in [3.8, 4) is 5.75 Å². The number of hydrogen-bond acceptors (Lipinski definition) is 4. The van der Waals surface area contributed by atoms with E-state index in [1.54, 1.807) is 19.1 Å². The normalized spacial score (nSPS) is 23.1. The first-order chi connectivity index (χ1) is 12.1. The van der Waals surface area contributed by atoms with Crippen molar-refractivity contribution in [1.29, 1.82) is 0 Å². The molecule has 2 atom stereocenters. The number of rotatable bonds is 7. The van der Waals surface area contributed by atoms with Gasteiger partial charge in [-0.15, -0.1) is 0 Å². The number of piperidine rings is 1. The van der Waals surface area contributed by atoms with Gasteiger partial charge in [0, 0.05) is 30.6 Å². The van der Waals surface area contributed by atoms with Gasteiger partial charge in [0.15, 0.2) is 5.78 Å². The van der Waals surface area contributed by atoms with E-state index < -0.39 is 0 Å². The van der Waals surface area contributed by atoms with Crippen LogP contribution in [0.3, 0.4) is 0 Å². The number of carbonyl (C=O) groups excluding carboxylic acids is 2. The van der Waals surface area contributed by atoms with Crippen molar-refractivity contribution in [3.63, 3.8) is 0 Å². The van der Waals surface area contributed by atoms with E-state index in [0.29, 0.717) is 42.8 Å². The van der Waals surface area contributed by atoms with Crippen molar-refractivity contribution in [2.45, 2.75) is 57.5 Å². The van der Waals surface area contributed by atoms with Crippen LogP contribution in [-0.4, -0.2) is 48.4 Å². The van der Waals surface area contributed by atoms with E-state index in [4.69, 9.17) is 4.74 Å². The highest BCUT2D eigenvalue weighted by atomic mass is 16.5. The molecule has 1 aromatic rings. The smallest absolute Gasteiger partial charge is 0.220 e. The van der Waals surface area contributed by atoms with Gasteiger partial charge in [0.25, 0.3) is 0 Å². The van der Waals surface area contributed by atoms with Crippen molar-refractivity contribution in [2.24, 2.45) is 0 Å². The van der Waals surface area contributed by atoms with Crippen molar-refractivity contribution < 1.29 is 14.3 Å². The van der Waals surface area contributed by atoms with Gasteiger partial charge < -0.3 is 10.1 Å². The maximum atomic E-state index is 12.2. The number of Topliss-reactive ketones (excluding diaryl/α,β-unsaturated/α-hetero) is 1. The molecule has 5 heteroatoms. The first-order valence-corrected chi connectivity index (χ1v) is 9.41. The van der Waals surface area contributed by atoms with E-state index in [1.165, 1.54) is 25.8 Å². The summed E-state index contributed by atoms with van der Waals surface area (Å²) in [6.07, 6.45) is 6.01. The molecule has 0 aliphatic carbocycles. The lowest BCUT2D eigenvalue weighted by Crippen LogP contribution is -2.46. The van der Waals surface area contributed by atoms with E-state index in [9.17, 15) is 9.59 Å². The Labute approximate surface area is 149 Å². The monoisotopic (exact) mass is 344 g/mol. The lowest BCUT2D eigenvalue weighted by atomic mass is 9.99. The van der Waals surface area contributed by atoms with Gasteiger partial charge in [0.2, 0.25) is 5.91 Å². The highest BCUT2D eigenvalue weighted by Gasteiger charge is 2.35. The van der Waals surface area contributed by atoms with Crippen LogP contribution >= 0.6 is 0 Å². The molecule has 5 nitrogen and oxygen atoms in total. The van der Waals surface area contributed by atoms with Crippen LogP contribution < -0.4 is 10.1 Å². The summed E-state index contributed by atoms with van der Waals surface area (Å²) in [4.78, 5) is 26.1. The van der Waals surface area contributed by atoms with Crippen LogP contribution in [0.5, 0.6) is 5.75 Å². The molecule has 0 aromatic heterocycles. The fourth-order valence-electron chi connectivity index (χ4n) is 3.92. The Morgan fingerprint density at radius 2 is 2.12 bits per heavy atom. The molecule has 1 amide bonds. The molecule has 0 radical (unpaired) electrons. The Kier molecular flexibility index (Phi) is 6.08. The number of fused-ring (bicyclic) bond motifs is 1. The zero-order chi connectivity index (χ0) is 17.6. The molecule has 2 heterocycles. The molecule has 0 unspecified atom stereocenters. The fraction of sp³-hybridized carbons (Fsp3) is 0.600. The van der Waals surface area contributed by atoms with Gasteiger partial charge in [-0.25, -0.2) is 0 Å². The van der Waals surface area contributed by atoms with Gasteiger partial charge in [-0.1, -0.05) is 18.6 Å². The maximum Gasteiger partial charge on any atom is 0.220 e. The molecule has 0 saturated carbocycles. The predicted octanol–water partition coefficient (Wildman–Crippen LogP) is 2.79. The summed E-state index contributed by atoms with van der Waals surface area (Å²) in [7, 11) is 0. The molecule has 2 aliphatic rings. The van der Waals surface area contributed by atoms with Gasteiger partial charge in [0.05, 0.1) is 6.61 Å². The lowest BCUT2D eigenvalue weighted by Gasteiger charge is -2.32. The molecule has 0 spiro atoms. The van der Waals surface area contributed by atoms with Crippen LogP contribution in [0.2, 0.25) is 0 Å². The predicted molar refractivity (Wildman–Crippen MR) is 96.9 cm³/mol. The van der Waals surface area contributed by atoms with Gasteiger partial charge in [-0.05, 0) is 51.3 Å². The Morgan fingerprint density at radius 3 is 2.96 bits per heavy atom. The number of amides is 1. The Balaban J connectivity index is 1.37. The molecule has 2 aliphatic heterocycles. The number of benzene rings is 1. The summed E-state index contributed by atoms with van der Waals surface area (Å²) in [5.74, 6) is 0.832. The summed E-state index contributed by atoms with van der Waals surface area (Å²) in [5.41, 5.74) is 0.647. The van der Waals surface area contributed by atoms with E-state index in [2.05, 4.69) is 10.2 Å². The molecular formula is C20H28N2O3. The van der Waals surface area contributed by atoms with E-state index in [1.807, 2.05) is 12.1 Å². The minimum atomic E-state index is 0.0261. The molecule has 0 bridgehead atoms. The second kappa shape index (κ2) is 8.48. The number of carbonyl (C=O) groups is 2. The molecule has 136 valence electrons. The molecule has 2 fully saturated rings. The minimum Gasteiger partial charge on any atom is -0.494 e. The van der Waals surface area contributed by atoms with Gasteiger partial charge in [0.1, 0.15) is 5.75 Å². The fourth-order valence-corrected chi connectivity index (χ4v) is 3.92. The summed E-state index contributed by atoms with van der Waals surface area (Å²) < 4.78 is 5.66. The molecule has 3 rings (SSSR count). The topological polar surface area (TPSA) is 58.6 Å². The number of ketones is 1. The quantitative estimate of drug-likeness (QED) is 0.610. The maximum absolute atomic E-state index is 12.2. The molecule has 1 aromatic carbocycles. The number of nitrogens with one attached hydrogen (secondary N) is 1. The first kappa shape index (κ1) is 17.9. The lowest BCUT2D eigenvalue weighted by molar-refractivity contribution is -0.122. The zero-order valence-electron chi connectivity index (χ0n) is 15.0. The van der Waals surface area contributed by atoms with Crippen LogP contribution in [0.4, 0.5) is 0 Å². The van der Waals surface area contributed by atoms with Crippen LogP contribution in [-0.2, 0) is 4.79 Å². The number of ether oxygens (including phenoxy) is 1. The highest BCUT2D eigenvalue weighted by molar-refractivity contribution is 5.94. The second-order valence-electron chi connectivity index (χ2n) is 7.10. The average Bonchev–Trinajstić information content (AvgIpc) is 3.02. The van der Waals surface area contributed by atoms with Gasteiger partial charge in [-0.2, -0.15) is 0 Å². The third-order valence-electron chi connectivity index (χ3n) is 5.26. The molecular weight excluding hydrogens is 316 g/mol. The summed E-state index contributed by atoms with van der Waals surface area (Å²) in [6.45, 7) is 4.32.